The number of carboxylic acids is 1. The molecule has 0 aliphatic carbocycles. The number of hydrogen-bond acceptors (Lipinski definition) is 3. The molecule has 0 saturated heterocycles. The van der Waals surface area contributed by atoms with E-state index in [4.69, 9.17) is 14.6 Å². The van der Waals surface area contributed by atoms with E-state index in [9.17, 15) is 4.79 Å². The molecule has 1 aromatic rings. The van der Waals surface area contributed by atoms with Crippen LogP contribution >= 0.6 is 0 Å². The van der Waals surface area contributed by atoms with E-state index in [0.29, 0.717) is 11.7 Å². The zero-order valence-corrected chi connectivity index (χ0v) is 22.5. The first kappa shape index (κ1) is 27.5. The fourth-order valence-electron chi connectivity index (χ4n) is 5.45. The minimum Gasteiger partial charge on any atom is -0.487 e. The minimum atomic E-state index is -0.952. The molecule has 0 saturated carbocycles. The van der Waals surface area contributed by atoms with Crippen LogP contribution in [0.25, 0.3) is 0 Å². The molecule has 1 aromatic carbocycles. The quantitative estimate of drug-likeness (QED) is 0.326. The van der Waals surface area contributed by atoms with Crippen LogP contribution in [0.1, 0.15) is 108 Å². The molecule has 1 aliphatic rings. The van der Waals surface area contributed by atoms with E-state index >= 15 is 0 Å². The van der Waals surface area contributed by atoms with Gasteiger partial charge in [0.05, 0.1) is 0 Å². The summed E-state index contributed by atoms with van der Waals surface area (Å²) < 4.78 is 12.3. The van der Waals surface area contributed by atoms with Gasteiger partial charge in [0.25, 0.3) is 0 Å². The lowest BCUT2D eigenvalue weighted by Gasteiger charge is -2.39. The van der Waals surface area contributed by atoms with Gasteiger partial charge in [0.15, 0.2) is 6.61 Å². The minimum absolute atomic E-state index is 0.150. The van der Waals surface area contributed by atoms with Crippen molar-refractivity contribution in [3.8, 4) is 11.5 Å². The third-order valence-electron chi connectivity index (χ3n) is 7.56. The molecule has 188 valence electrons. The molecule has 4 heteroatoms. The van der Waals surface area contributed by atoms with Crippen LogP contribution in [-0.4, -0.2) is 23.3 Å². The summed E-state index contributed by atoms with van der Waals surface area (Å²) in [6.45, 7) is 17.5. The van der Waals surface area contributed by atoms with Crippen molar-refractivity contribution in [1.29, 1.82) is 0 Å². The van der Waals surface area contributed by atoms with Crippen molar-refractivity contribution in [2.75, 3.05) is 6.61 Å². The molecule has 0 bridgehead atoms. The number of rotatable bonds is 13. The van der Waals surface area contributed by atoms with Gasteiger partial charge >= 0.3 is 5.97 Å². The second-order valence-corrected chi connectivity index (χ2v) is 11.4. The molecular weight excluding hydrogens is 412 g/mol. The van der Waals surface area contributed by atoms with Crippen LogP contribution in [0.15, 0.2) is 0 Å². The molecule has 2 rings (SSSR count). The van der Waals surface area contributed by atoms with Crippen molar-refractivity contribution < 1.29 is 19.4 Å². The Hall–Kier alpha value is -1.71. The molecule has 1 aliphatic heterocycles. The molecule has 3 atom stereocenters. The Balaban J connectivity index is 1.95. The molecule has 1 heterocycles. The van der Waals surface area contributed by atoms with E-state index in [1.165, 1.54) is 44.1 Å². The van der Waals surface area contributed by atoms with Crippen molar-refractivity contribution in [3.05, 3.63) is 22.3 Å². The maximum atomic E-state index is 11.0. The van der Waals surface area contributed by atoms with Crippen LogP contribution in [0.3, 0.4) is 0 Å². The monoisotopic (exact) mass is 460 g/mol. The van der Waals surface area contributed by atoms with Crippen molar-refractivity contribution in [2.45, 2.75) is 119 Å². The number of carbonyl (C=O) groups is 1. The molecule has 0 fully saturated rings. The summed E-state index contributed by atoms with van der Waals surface area (Å²) in [6.07, 6.45) is 11.0. The second kappa shape index (κ2) is 12.1. The number of benzene rings is 1. The number of hydrogen-bond donors (Lipinski definition) is 1. The first-order valence-corrected chi connectivity index (χ1v) is 13.1. The number of ether oxygens (including phenoxy) is 2. The maximum Gasteiger partial charge on any atom is 0.341 e. The van der Waals surface area contributed by atoms with Gasteiger partial charge in [-0.15, -0.1) is 0 Å². The lowest BCUT2D eigenvalue weighted by atomic mass is 9.81. The standard InChI is InChI=1S/C29H48O4/c1-19(2)11-9-12-20(3)13-10-14-21(4)17-29(8)16-15-25-24(7)27(32-18-26(30)31)22(5)23(6)28(25)33-29/h19-21H,9-18H2,1-8H3,(H,30,31). The summed E-state index contributed by atoms with van der Waals surface area (Å²) in [5.41, 5.74) is 4.11. The van der Waals surface area contributed by atoms with Crippen LogP contribution in [0, 0.1) is 38.5 Å². The van der Waals surface area contributed by atoms with Gasteiger partial charge in [-0.05, 0) is 81.4 Å². The maximum absolute atomic E-state index is 11.0. The normalized spacial score (nSPS) is 19.7. The lowest BCUT2D eigenvalue weighted by molar-refractivity contribution is -0.139. The third-order valence-corrected chi connectivity index (χ3v) is 7.56. The largest absolute Gasteiger partial charge is 0.487 e. The summed E-state index contributed by atoms with van der Waals surface area (Å²) in [5.74, 6) is 3.03. The van der Waals surface area contributed by atoms with Gasteiger partial charge in [-0.25, -0.2) is 4.79 Å². The summed E-state index contributed by atoms with van der Waals surface area (Å²) >= 11 is 0. The van der Waals surface area contributed by atoms with Crippen molar-refractivity contribution in [3.63, 3.8) is 0 Å². The van der Waals surface area contributed by atoms with E-state index in [-0.39, 0.29) is 12.2 Å². The summed E-state index contributed by atoms with van der Waals surface area (Å²) in [5, 5.41) is 9.02. The summed E-state index contributed by atoms with van der Waals surface area (Å²) in [7, 11) is 0. The summed E-state index contributed by atoms with van der Waals surface area (Å²) in [6, 6.07) is 0. The Morgan fingerprint density at radius 1 is 0.970 bits per heavy atom. The molecule has 33 heavy (non-hydrogen) atoms. The Labute approximate surface area is 202 Å². The van der Waals surface area contributed by atoms with E-state index in [1.807, 2.05) is 13.8 Å². The average molecular weight is 461 g/mol. The van der Waals surface area contributed by atoms with Gasteiger partial charge in [-0.2, -0.15) is 0 Å². The number of fused-ring (bicyclic) bond motifs is 1. The fourth-order valence-corrected chi connectivity index (χ4v) is 5.45. The van der Waals surface area contributed by atoms with E-state index in [1.54, 1.807) is 0 Å². The van der Waals surface area contributed by atoms with Gasteiger partial charge in [-0.1, -0.05) is 66.2 Å². The van der Waals surface area contributed by atoms with Crippen LogP contribution in [0.2, 0.25) is 0 Å². The van der Waals surface area contributed by atoms with Crippen LogP contribution in [0.5, 0.6) is 11.5 Å². The Morgan fingerprint density at radius 2 is 1.58 bits per heavy atom. The van der Waals surface area contributed by atoms with Crippen LogP contribution in [0.4, 0.5) is 0 Å². The van der Waals surface area contributed by atoms with E-state index in [2.05, 4.69) is 41.5 Å². The van der Waals surface area contributed by atoms with Gasteiger partial charge < -0.3 is 14.6 Å². The number of aliphatic carboxylic acids is 1. The molecule has 0 radical (unpaired) electrons. The molecule has 3 unspecified atom stereocenters. The fraction of sp³-hybridized carbons (Fsp3) is 0.759. The second-order valence-electron chi connectivity index (χ2n) is 11.4. The lowest BCUT2D eigenvalue weighted by Crippen LogP contribution is -2.38. The first-order chi connectivity index (χ1) is 15.4. The Bertz CT molecular complexity index is 798. The molecule has 0 aromatic heterocycles. The molecule has 4 nitrogen and oxygen atoms in total. The SMILES string of the molecule is Cc1c(C)c2c(c(C)c1OCC(=O)O)CCC(C)(CC(C)CCCC(C)CCCC(C)C)O2. The van der Waals surface area contributed by atoms with Gasteiger partial charge in [0, 0.05) is 5.56 Å². The van der Waals surface area contributed by atoms with Gasteiger partial charge in [0.2, 0.25) is 0 Å². The predicted molar refractivity (Wildman–Crippen MR) is 137 cm³/mol. The zero-order chi connectivity index (χ0) is 24.8. The smallest absolute Gasteiger partial charge is 0.341 e. The Morgan fingerprint density at radius 3 is 2.18 bits per heavy atom. The summed E-state index contributed by atoms with van der Waals surface area (Å²) in [4.78, 5) is 11.0. The average Bonchev–Trinajstić information content (AvgIpc) is 2.71. The highest BCUT2D eigenvalue weighted by atomic mass is 16.5. The van der Waals surface area contributed by atoms with Gasteiger partial charge in [-0.3, -0.25) is 0 Å². The highest BCUT2D eigenvalue weighted by Gasteiger charge is 2.35. The van der Waals surface area contributed by atoms with Crippen LogP contribution < -0.4 is 9.47 Å². The molecule has 0 amide bonds. The van der Waals surface area contributed by atoms with Gasteiger partial charge in [0.1, 0.15) is 17.1 Å². The number of carboxylic acid groups (broad SMARTS) is 1. The highest BCUT2D eigenvalue weighted by Crippen LogP contribution is 2.45. The van der Waals surface area contributed by atoms with Crippen LogP contribution in [-0.2, 0) is 11.2 Å². The van der Waals surface area contributed by atoms with Crippen molar-refractivity contribution in [2.24, 2.45) is 17.8 Å². The Kier molecular flexibility index (Phi) is 10.1. The van der Waals surface area contributed by atoms with Crippen molar-refractivity contribution >= 4 is 5.97 Å². The first-order valence-electron chi connectivity index (χ1n) is 13.1. The molecular formula is C29H48O4. The molecule has 1 N–H and O–H groups in total. The third kappa shape index (κ3) is 7.93. The highest BCUT2D eigenvalue weighted by molar-refractivity contribution is 5.69. The predicted octanol–water partition coefficient (Wildman–Crippen LogP) is 7.82. The zero-order valence-electron chi connectivity index (χ0n) is 22.5. The van der Waals surface area contributed by atoms with Crippen molar-refractivity contribution in [1.82, 2.24) is 0 Å². The van der Waals surface area contributed by atoms with E-state index in [0.717, 1.165) is 53.5 Å². The topological polar surface area (TPSA) is 55.8 Å². The van der Waals surface area contributed by atoms with E-state index < -0.39 is 5.97 Å². The molecule has 0 spiro atoms.